The van der Waals surface area contributed by atoms with Gasteiger partial charge in [0.2, 0.25) is 5.91 Å². The lowest BCUT2D eigenvalue weighted by molar-refractivity contribution is -0.137. The molecule has 0 aliphatic carbocycles. The van der Waals surface area contributed by atoms with Crippen LogP contribution in [0.5, 0.6) is 5.75 Å². The van der Waals surface area contributed by atoms with Crippen molar-refractivity contribution in [1.29, 1.82) is 0 Å². The molecule has 0 saturated heterocycles. The molecule has 1 heterocycles. The van der Waals surface area contributed by atoms with Crippen molar-refractivity contribution in [1.82, 2.24) is 10.6 Å². The van der Waals surface area contributed by atoms with E-state index in [-0.39, 0.29) is 24.2 Å². The first-order chi connectivity index (χ1) is 14.9. The number of ether oxygens (including phenoxy) is 1. The van der Waals surface area contributed by atoms with Crippen LogP contribution in [0.15, 0.2) is 53.5 Å². The highest BCUT2D eigenvalue weighted by atomic mass is 19.4. The van der Waals surface area contributed by atoms with Crippen LogP contribution in [0.2, 0.25) is 0 Å². The predicted molar refractivity (Wildman–Crippen MR) is 113 cm³/mol. The third-order valence-electron chi connectivity index (χ3n) is 4.75. The van der Waals surface area contributed by atoms with Crippen molar-refractivity contribution in [3.8, 4) is 5.75 Å². The second kappa shape index (κ2) is 10.2. The molecule has 0 radical (unpaired) electrons. The van der Waals surface area contributed by atoms with Gasteiger partial charge in [-0.25, -0.2) is 0 Å². The second-order valence-electron chi connectivity index (χ2n) is 7.06. The number of para-hydroxylation sites is 1. The van der Waals surface area contributed by atoms with Gasteiger partial charge in [0.1, 0.15) is 12.4 Å². The van der Waals surface area contributed by atoms with Crippen molar-refractivity contribution in [2.75, 3.05) is 31.6 Å². The molecule has 1 aliphatic heterocycles. The van der Waals surface area contributed by atoms with E-state index in [2.05, 4.69) is 20.9 Å². The Balaban J connectivity index is 1.55. The van der Waals surface area contributed by atoms with Gasteiger partial charge in [0.25, 0.3) is 0 Å². The highest BCUT2D eigenvalue weighted by molar-refractivity contribution is 5.94. The van der Waals surface area contributed by atoms with E-state index in [1.165, 1.54) is 12.1 Å². The van der Waals surface area contributed by atoms with Crippen LogP contribution in [0, 0.1) is 0 Å². The summed E-state index contributed by atoms with van der Waals surface area (Å²) in [7, 11) is 0. The molecule has 166 valence electrons. The van der Waals surface area contributed by atoms with E-state index in [1.807, 2.05) is 31.2 Å². The van der Waals surface area contributed by atoms with Crippen LogP contribution in [0.1, 0.15) is 30.4 Å². The van der Waals surface area contributed by atoms with E-state index in [0.29, 0.717) is 32.0 Å². The second-order valence-corrected chi connectivity index (χ2v) is 7.06. The Labute approximate surface area is 178 Å². The lowest BCUT2D eigenvalue weighted by Crippen LogP contribution is -2.39. The molecule has 2 aromatic carbocycles. The molecule has 1 atom stereocenters. The van der Waals surface area contributed by atoms with Crippen LogP contribution >= 0.6 is 0 Å². The number of amides is 1. The molecule has 1 amide bonds. The van der Waals surface area contributed by atoms with Crippen molar-refractivity contribution < 1.29 is 22.7 Å². The molecule has 0 fully saturated rings. The molecular formula is C22H25F3N4O2. The van der Waals surface area contributed by atoms with Crippen LogP contribution in [-0.4, -0.2) is 38.1 Å². The first kappa shape index (κ1) is 22.5. The lowest BCUT2D eigenvalue weighted by atomic mass is 9.91. The number of hydrogen-bond acceptors (Lipinski definition) is 3. The normalized spacial score (nSPS) is 16.3. The largest absolute Gasteiger partial charge is 0.492 e. The molecule has 0 aromatic heterocycles. The maximum Gasteiger partial charge on any atom is 0.416 e. The summed E-state index contributed by atoms with van der Waals surface area (Å²) in [6, 6.07) is 12.4. The predicted octanol–water partition coefficient (Wildman–Crippen LogP) is 3.77. The number of hydrogen-bond donors (Lipinski definition) is 3. The van der Waals surface area contributed by atoms with Crippen LogP contribution in [-0.2, 0) is 11.0 Å². The van der Waals surface area contributed by atoms with Crippen LogP contribution < -0.4 is 20.7 Å². The lowest BCUT2D eigenvalue weighted by Gasteiger charge is -2.24. The van der Waals surface area contributed by atoms with Crippen molar-refractivity contribution in [2.45, 2.75) is 25.4 Å². The molecule has 1 aliphatic rings. The van der Waals surface area contributed by atoms with E-state index in [0.717, 1.165) is 23.4 Å². The zero-order chi connectivity index (χ0) is 22.3. The Kier molecular flexibility index (Phi) is 7.38. The van der Waals surface area contributed by atoms with Crippen molar-refractivity contribution in [3.63, 3.8) is 0 Å². The minimum Gasteiger partial charge on any atom is -0.492 e. The summed E-state index contributed by atoms with van der Waals surface area (Å²) in [5.41, 5.74) is 1.12. The topological polar surface area (TPSA) is 74.8 Å². The van der Waals surface area contributed by atoms with Gasteiger partial charge in [0.05, 0.1) is 18.7 Å². The summed E-state index contributed by atoms with van der Waals surface area (Å²) in [5, 5.41) is 9.09. The quantitative estimate of drug-likeness (QED) is 0.352. The average molecular weight is 434 g/mol. The number of carbonyl (C=O) groups is 1. The first-order valence-electron chi connectivity index (χ1n) is 10.1. The van der Waals surface area contributed by atoms with E-state index < -0.39 is 11.7 Å². The third-order valence-corrected chi connectivity index (χ3v) is 4.75. The third kappa shape index (κ3) is 6.37. The molecule has 0 saturated carbocycles. The molecule has 3 N–H and O–H groups in total. The summed E-state index contributed by atoms with van der Waals surface area (Å²) in [4.78, 5) is 16.5. The molecule has 2 aromatic rings. The average Bonchev–Trinajstić information content (AvgIpc) is 2.74. The maximum absolute atomic E-state index is 12.8. The summed E-state index contributed by atoms with van der Waals surface area (Å²) in [5.74, 6) is 0.648. The Morgan fingerprint density at radius 3 is 2.77 bits per heavy atom. The fraction of sp³-hybridized carbons (Fsp3) is 0.364. The number of rotatable bonds is 7. The standard InChI is InChI=1S/C22H25F3N4O2/c1-2-26-21(27-10-11-31-17-7-5-6-16(13-17)22(23,24)25)28-14-15-12-20(30)29-19-9-4-3-8-18(15)19/h3-9,13,15H,2,10-12,14H2,1H3,(H,29,30)(H2,26,27,28). The Hall–Kier alpha value is -3.23. The fourth-order valence-corrected chi connectivity index (χ4v) is 3.31. The summed E-state index contributed by atoms with van der Waals surface area (Å²) in [6.07, 6.45) is -4.05. The number of fused-ring (bicyclic) bond motifs is 1. The number of carbonyl (C=O) groups excluding carboxylic acids is 1. The van der Waals surface area contributed by atoms with Crippen molar-refractivity contribution >= 4 is 17.6 Å². The molecule has 6 nitrogen and oxygen atoms in total. The molecule has 31 heavy (non-hydrogen) atoms. The van der Waals surface area contributed by atoms with Gasteiger partial charge in [-0.05, 0) is 36.8 Å². The number of guanidine groups is 1. The molecular weight excluding hydrogens is 409 g/mol. The van der Waals surface area contributed by atoms with Crippen molar-refractivity contribution in [3.05, 3.63) is 59.7 Å². The summed E-state index contributed by atoms with van der Waals surface area (Å²) in [6.45, 7) is 3.51. The van der Waals surface area contributed by atoms with Crippen LogP contribution in [0.4, 0.5) is 18.9 Å². The van der Waals surface area contributed by atoms with Gasteiger partial charge in [-0.15, -0.1) is 0 Å². The molecule has 0 bridgehead atoms. The number of nitrogens with one attached hydrogen (secondary N) is 3. The van der Waals surface area contributed by atoms with Crippen LogP contribution in [0.3, 0.4) is 0 Å². The maximum atomic E-state index is 12.8. The summed E-state index contributed by atoms with van der Waals surface area (Å²) >= 11 is 0. The number of halogens is 3. The van der Waals surface area contributed by atoms with E-state index in [1.54, 1.807) is 0 Å². The Morgan fingerprint density at radius 1 is 1.19 bits per heavy atom. The number of benzene rings is 2. The number of anilines is 1. The van der Waals surface area contributed by atoms with Crippen LogP contribution in [0.25, 0.3) is 0 Å². The monoisotopic (exact) mass is 434 g/mol. The smallest absolute Gasteiger partial charge is 0.416 e. The van der Waals surface area contributed by atoms with E-state index in [9.17, 15) is 18.0 Å². The Bertz CT molecular complexity index is 931. The highest BCUT2D eigenvalue weighted by Crippen LogP contribution is 2.32. The van der Waals surface area contributed by atoms with Gasteiger partial charge in [0.15, 0.2) is 5.96 Å². The highest BCUT2D eigenvalue weighted by Gasteiger charge is 2.30. The van der Waals surface area contributed by atoms with E-state index in [4.69, 9.17) is 4.74 Å². The van der Waals surface area contributed by atoms with E-state index >= 15 is 0 Å². The summed E-state index contributed by atoms with van der Waals surface area (Å²) < 4.78 is 43.8. The van der Waals surface area contributed by atoms with Gasteiger partial charge in [-0.2, -0.15) is 13.2 Å². The first-order valence-corrected chi connectivity index (χ1v) is 10.1. The fourth-order valence-electron chi connectivity index (χ4n) is 3.31. The van der Waals surface area contributed by atoms with Gasteiger partial charge in [-0.3, -0.25) is 9.79 Å². The zero-order valence-electron chi connectivity index (χ0n) is 17.1. The zero-order valence-corrected chi connectivity index (χ0v) is 17.1. The van der Waals surface area contributed by atoms with Gasteiger partial charge < -0.3 is 20.7 Å². The van der Waals surface area contributed by atoms with Gasteiger partial charge in [-0.1, -0.05) is 24.3 Å². The Morgan fingerprint density at radius 2 is 2.00 bits per heavy atom. The molecule has 9 heteroatoms. The minimum absolute atomic E-state index is 0.0261. The SMILES string of the molecule is CCNC(=NCC1CC(=O)Nc2ccccc21)NCCOc1cccc(C(F)(F)F)c1. The number of nitrogens with zero attached hydrogens (tertiary/aromatic N) is 1. The van der Waals surface area contributed by atoms with Gasteiger partial charge >= 0.3 is 6.18 Å². The van der Waals surface area contributed by atoms with Gasteiger partial charge in [0, 0.05) is 24.6 Å². The molecule has 1 unspecified atom stereocenters. The molecule has 3 rings (SSSR count). The molecule has 0 spiro atoms. The minimum atomic E-state index is -4.41. The number of aliphatic imine (C=N–C) groups is 1. The van der Waals surface area contributed by atoms with Crippen molar-refractivity contribution in [2.24, 2.45) is 4.99 Å². The number of alkyl halides is 3.